The molecule has 16 nitrogen and oxygen atoms in total. The third-order valence-corrected chi connectivity index (χ3v) is 17.8. The number of fused-ring (bicyclic) bond motifs is 2. The van der Waals surface area contributed by atoms with Crippen LogP contribution in [0, 0.1) is 0 Å². The Kier molecular flexibility index (Phi) is 23.6. The number of benzene rings is 4. The minimum absolute atomic E-state index is 0.0410. The highest BCUT2D eigenvalue weighted by molar-refractivity contribution is 8.12. The summed E-state index contributed by atoms with van der Waals surface area (Å²) in [6.45, 7) is 10.8. The zero-order valence-electron chi connectivity index (χ0n) is 39.2. The van der Waals surface area contributed by atoms with Gasteiger partial charge in [-0.1, -0.05) is 70.7 Å². The Morgan fingerprint density at radius 2 is 1.00 bits per heavy atom. The Hall–Kier alpha value is -2.03. The van der Waals surface area contributed by atoms with Crippen molar-refractivity contribution in [3.63, 3.8) is 0 Å². The fourth-order valence-electron chi connectivity index (χ4n) is 7.71. The molecule has 0 saturated heterocycles. The molecule has 0 amide bonds. The lowest BCUT2D eigenvalue weighted by atomic mass is 9.85. The zero-order chi connectivity index (χ0) is 51.2. The van der Waals surface area contributed by atoms with Gasteiger partial charge in [0.2, 0.25) is 0 Å². The van der Waals surface area contributed by atoms with Gasteiger partial charge in [0.05, 0.1) is 38.8 Å². The van der Waals surface area contributed by atoms with Crippen molar-refractivity contribution in [2.45, 2.75) is 52.6 Å². The molecule has 2 heterocycles. The second-order valence-electron chi connectivity index (χ2n) is 15.9. The first kappa shape index (κ1) is 59.5. The van der Waals surface area contributed by atoms with E-state index in [1.54, 1.807) is 45.9 Å². The number of halogens is 5. The van der Waals surface area contributed by atoms with E-state index in [0.29, 0.717) is 20.8 Å². The van der Waals surface area contributed by atoms with Gasteiger partial charge in [0.15, 0.2) is 0 Å². The number of nitrogens with two attached hydrogens (primary N) is 1. The molecule has 4 aromatic rings. The van der Waals surface area contributed by atoms with Gasteiger partial charge in [-0.15, -0.1) is 0 Å². The molecule has 0 fully saturated rings. The number of likely N-dealkylation sites (N-methyl/N-ethyl adjacent to an activating group) is 2. The van der Waals surface area contributed by atoms with Crippen LogP contribution < -0.4 is 19.9 Å². The van der Waals surface area contributed by atoms with Gasteiger partial charge in [0.1, 0.15) is 0 Å². The van der Waals surface area contributed by atoms with Crippen LogP contribution >= 0.6 is 72.3 Å². The van der Waals surface area contributed by atoms with Crippen LogP contribution in [0.1, 0.15) is 72.9 Å². The predicted octanol–water partition coefficient (Wildman–Crippen LogP) is 10.6. The summed E-state index contributed by atoms with van der Waals surface area (Å²) in [7, 11) is -5.12. The third kappa shape index (κ3) is 19.1. The smallest absolute Gasteiger partial charge is 0.331 e. The van der Waals surface area contributed by atoms with E-state index in [1.807, 2.05) is 54.2 Å². The average Bonchev–Trinajstić information content (AvgIpc) is 3.24. The van der Waals surface area contributed by atoms with Crippen molar-refractivity contribution in [1.82, 2.24) is 19.2 Å². The molecular formula is C44H61Cl5N6O10P2S2. The van der Waals surface area contributed by atoms with E-state index in [4.69, 9.17) is 80.9 Å². The quantitative estimate of drug-likeness (QED) is 0.0369. The molecule has 0 aliphatic carbocycles. The van der Waals surface area contributed by atoms with E-state index in [9.17, 15) is 26.0 Å². The van der Waals surface area contributed by atoms with Gasteiger partial charge in [-0.3, -0.25) is 13.9 Å². The molecule has 384 valence electrons. The van der Waals surface area contributed by atoms with E-state index in [0.717, 1.165) is 53.6 Å². The van der Waals surface area contributed by atoms with Crippen molar-refractivity contribution in [2.75, 3.05) is 89.5 Å². The van der Waals surface area contributed by atoms with E-state index in [-0.39, 0.29) is 63.7 Å². The monoisotopic (exact) mass is 1130 g/mol. The molecule has 5 N–H and O–H groups in total. The lowest BCUT2D eigenvalue weighted by molar-refractivity contribution is 0.219. The van der Waals surface area contributed by atoms with E-state index >= 15 is 0 Å². The van der Waals surface area contributed by atoms with Crippen LogP contribution in [0.3, 0.4) is 0 Å². The molecule has 0 aromatic heterocycles. The number of hydrogen-bond acceptors (Lipinski definition) is 13. The summed E-state index contributed by atoms with van der Waals surface area (Å²) >= 11 is 25.2. The van der Waals surface area contributed by atoms with Crippen LogP contribution in [-0.2, 0) is 59.8 Å². The van der Waals surface area contributed by atoms with Gasteiger partial charge >= 0.3 is 15.2 Å². The third-order valence-electron chi connectivity index (χ3n) is 10.5. The minimum atomic E-state index is -3.87. The molecule has 25 heteroatoms. The average molecular weight is 1140 g/mol. The van der Waals surface area contributed by atoms with Crippen LogP contribution in [0.5, 0.6) is 0 Å². The topological polar surface area (TPSA) is 208 Å². The minimum Gasteiger partial charge on any atom is -0.399 e. The first-order chi connectivity index (χ1) is 32.4. The molecule has 0 bridgehead atoms. The number of anilines is 2. The van der Waals surface area contributed by atoms with Crippen LogP contribution in [-0.4, -0.2) is 106 Å². The molecule has 0 spiro atoms. The fourth-order valence-corrected chi connectivity index (χ4v) is 13.6. The second kappa shape index (κ2) is 27.3. The summed E-state index contributed by atoms with van der Waals surface area (Å²) in [6, 6.07) is 22.8. The number of nitrogen functional groups attached to an aromatic ring is 1. The fraction of sp³-hybridized carbons (Fsp3) is 0.455. The lowest BCUT2D eigenvalue weighted by Crippen LogP contribution is -2.32. The van der Waals surface area contributed by atoms with Crippen molar-refractivity contribution in [3.8, 4) is 0 Å². The summed E-state index contributed by atoms with van der Waals surface area (Å²) in [6.07, 6.45) is -0.102. The van der Waals surface area contributed by atoms with Crippen LogP contribution in [0.25, 0.3) is 0 Å². The Morgan fingerprint density at radius 3 is 1.38 bits per heavy atom. The van der Waals surface area contributed by atoms with Gasteiger partial charge in [0.25, 0.3) is 19.4 Å². The zero-order valence-corrected chi connectivity index (χ0v) is 46.4. The largest absolute Gasteiger partial charge is 0.399 e. The van der Waals surface area contributed by atoms with Gasteiger partial charge in [-0.2, -0.15) is 21.6 Å². The van der Waals surface area contributed by atoms with E-state index in [2.05, 4.69) is 38.4 Å². The van der Waals surface area contributed by atoms with Gasteiger partial charge in [-0.25, -0.2) is 4.72 Å². The molecule has 2 atom stereocenters. The molecule has 4 aromatic carbocycles. The normalized spacial score (nSPS) is 16.6. The Morgan fingerprint density at radius 1 is 0.623 bits per heavy atom. The predicted molar refractivity (Wildman–Crippen MR) is 281 cm³/mol. The van der Waals surface area contributed by atoms with Gasteiger partial charge in [-0.05, 0) is 124 Å². The maximum atomic E-state index is 12.5. The number of hydrogen-bond donors (Lipinski definition) is 4. The SMILES string of the molecule is CCOP(=O)(CCNS(=O)(=O)Cl)OCC.CCOP(=O)(CCNS(=O)(=O)Nc1ccc(C2CN(C)Cc3c(Cl)cc(Cl)cc32)cc1)OCC.CN1Cc2c(Cl)cc(Cl)cc2C(c2ccc(N)cc2)C1. The highest BCUT2D eigenvalue weighted by atomic mass is 35.7. The van der Waals surface area contributed by atoms with Crippen LogP contribution in [0.4, 0.5) is 11.4 Å². The van der Waals surface area contributed by atoms with Crippen molar-refractivity contribution >= 4 is 103 Å². The second-order valence-corrected chi connectivity index (χ2v) is 25.8. The highest BCUT2D eigenvalue weighted by Crippen LogP contribution is 2.48. The molecular weight excluding hydrogens is 1080 g/mol. The summed E-state index contributed by atoms with van der Waals surface area (Å²) < 4.78 is 97.3. The summed E-state index contributed by atoms with van der Waals surface area (Å²) in [4.78, 5) is 4.47. The number of rotatable bonds is 20. The number of nitrogens with one attached hydrogen (secondary N) is 3. The lowest BCUT2D eigenvalue weighted by Gasteiger charge is -2.33. The van der Waals surface area contributed by atoms with Crippen molar-refractivity contribution in [3.05, 3.63) is 126 Å². The molecule has 2 unspecified atom stereocenters. The summed E-state index contributed by atoms with van der Waals surface area (Å²) in [5, 5.41) is 2.68. The van der Waals surface area contributed by atoms with Crippen molar-refractivity contribution < 1.29 is 44.1 Å². The van der Waals surface area contributed by atoms with E-state index in [1.165, 1.54) is 16.7 Å². The van der Waals surface area contributed by atoms with Crippen molar-refractivity contribution in [2.24, 2.45) is 0 Å². The Labute approximate surface area is 431 Å². The Bertz CT molecular complexity index is 2620. The summed E-state index contributed by atoms with van der Waals surface area (Å²) in [5.41, 5.74) is 13.8. The maximum absolute atomic E-state index is 12.5. The first-order valence-corrected chi connectivity index (χ1v) is 30.7. The van der Waals surface area contributed by atoms with E-state index < -0.39 is 34.6 Å². The van der Waals surface area contributed by atoms with Gasteiger partial charge in [0, 0.05) is 93.3 Å². The molecule has 2 aliphatic heterocycles. The van der Waals surface area contributed by atoms with Gasteiger partial charge < -0.3 is 33.6 Å². The summed E-state index contributed by atoms with van der Waals surface area (Å²) in [5.74, 6) is 0.334. The molecule has 6 rings (SSSR count). The van der Waals surface area contributed by atoms with Crippen LogP contribution in [0.2, 0.25) is 20.1 Å². The molecule has 69 heavy (non-hydrogen) atoms. The highest BCUT2D eigenvalue weighted by Gasteiger charge is 2.29. The van der Waals surface area contributed by atoms with Crippen LogP contribution in [0.15, 0.2) is 72.8 Å². The standard InChI is InChI=1S/C22H30Cl2N3O5PS.C16H16Cl2N2.C6H15ClNO5PS/c1-4-31-33(28,32-5-2)11-10-25-34(29,30)26-18-8-6-16(7-9-18)20-14-27(3)15-21-19(20)12-17(23)13-22(21)24;1-20-8-14(10-2-4-12(19)5-3-10)13-6-11(17)7-16(18)15(13)9-20;1-3-12-14(9,13-4-2)6-5-8-15(7,10)11/h6-9,12-13,20,25-26H,4-5,10-11,14-15H2,1-3H3;2-7,14H,8-9,19H2,1H3;8H,3-6H2,1-2H3. The maximum Gasteiger partial charge on any atom is 0.331 e. The van der Waals surface area contributed by atoms with Crippen molar-refractivity contribution in [1.29, 1.82) is 0 Å². The number of nitrogens with zero attached hydrogens (tertiary/aromatic N) is 2. The Balaban J connectivity index is 0.000000250. The first-order valence-electron chi connectivity index (χ1n) is 21.9. The molecule has 2 aliphatic rings. The molecule has 0 radical (unpaired) electrons. The molecule has 0 saturated carbocycles.